The van der Waals surface area contributed by atoms with E-state index in [1.165, 1.54) is 11.8 Å². The highest BCUT2D eigenvalue weighted by molar-refractivity contribution is 7.98. The predicted octanol–water partition coefficient (Wildman–Crippen LogP) is 2.00. The first-order valence-corrected chi connectivity index (χ1v) is 14.0. The Bertz CT molecular complexity index is 802. The molecule has 0 saturated carbocycles. The normalized spacial score (nSPS) is 22.6. The lowest BCUT2D eigenvalue weighted by molar-refractivity contribution is -0.326. The van der Waals surface area contributed by atoms with E-state index in [0.29, 0.717) is 37.4 Å². The van der Waals surface area contributed by atoms with E-state index in [1.54, 1.807) is 11.8 Å². The molecule has 11 nitrogen and oxygen atoms in total. The Morgan fingerprint density at radius 1 is 1.24 bits per heavy atom. The summed E-state index contributed by atoms with van der Waals surface area (Å²) in [4.78, 5) is 53.0. The first-order chi connectivity index (χ1) is 16.2. The van der Waals surface area contributed by atoms with Crippen LogP contribution in [0.4, 0.5) is 0 Å². The lowest BCUT2D eigenvalue weighted by Crippen LogP contribution is -2.57. The highest BCUT2D eigenvalue weighted by Crippen LogP contribution is 2.34. The fourth-order valence-electron chi connectivity index (χ4n) is 3.05. The van der Waals surface area contributed by atoms with Crippen molar-refractivity contribution in [2.45, 2.75) is 69.7 Å². The quantitative estimate of drug-likeness (QED) is 0.311. The van der Waals surface area contributed by atoms with Crippen molar-refractivity contribution >= 4 is 47.5 Å². The van der Waals surface area contributed by atoms with Crippen LogP contribution in [0.2, 0.25) is 0 Å². The zero-order valence-electron chi connectivity index (χ0n) is 20.7. The second-order valence-corrected chi connectivity index (χ2v) is 9.67. The highest BCUT2D eigenvalue weighted by atomic mass is 32.2. The summed E-state index contributed by atoms with van der Waals surface area (Å²) < 4.78 is 0. The molecular weight excluding hydrogens is 478 g/mol. The summed E-state index contributed by atoms with van der Waals surface area (Å²) in [6, 6.07) is 4.07. The third-order valence-electron chi connectivity index (χ3n) is 5.25. The summed E-state index contributed by atoms with van der Waals surface area (Å²) in [6.07, 6.45) is 5.24. The molecule has 0 spiro atoms. The number of nitrogens with zero attached hydrogens (tertiary/aromatic N) is 5. The summed E-state index contributed by atoms with van der Waals surface area (Å²) in [5.41, 5.74) is 9.68. The average molecular weight is 516 g/mol. The molecule has 1 aliphatic rings. The van der Waals surface area contributed by atoms with Crippen LogP contribution in [-0.2, 0) is 19.3 Å². The minimum atomic E-state index is -1.74. The van der Waals surface area contributed by atoms with E-state index in [4.69, 9.17) is 21.1 Å². The molecule has 4 N–H and O–H groups in total. The van der Waals surface area contributed by atoms with Gasteiger partial charge in [-0.15, -0.1) is 0 Å². The van der Waals surface area contributed by atoms with Gasteiger partial charge in [0.2, 0.25) is 5.66 Å². The third kappa shape index (κ3) is 8.49. The molecule has 0 aromatic carbocycles. The second kappa shape index (κ2) is 15.3. The van der Waals surface area contributed by atoms with Gasteiger partial charge in [-0.2, -0.15) is 28.5 Å². The summed E-state index contributed by atoms with van der Waals surface area (Å²) in [6.45, 7) is 6.63. The van der Waals surface area contributed by atoms with Crippen LogP contribution in [0.15, 0.2) is 20.0 Å². The van der Waals surface area contributed by atoms with Crippen LogP contribution in [0, 0.1) is 0 Å². The number of thioether (sulfide) groups is 2. The molecular formula is C21H37N7O4S2. The summed E-state index contributed by atoms with van der Waals surface area (Å²) in [7, 11) is 0. The van der Waals surface area contributed by atoms with Crippen molar-refractivity contribution in [2.24, 2.45) is 31.4 Å². The maximum absolute atomic E-state index is 13.1. The molecule has 0 radical (unpaired) electrons. The van der Waals surface area contributed by atoms with Gasteiger partial charge in [0.15, 0.2) is 0 Å². The van der Waals surface area contributed by atoms with E-state index >= 15 is 0 Å². The number of aliphatic imine (C=N–C) groups is 4. The standard InChI is InChI=1S/C21H37N7O4S2/c1-6-16(26-14-24-7-2)13-17-20(22,9-11-33-4)18(29)31-28(17)32-19(30)21(23,10-12-34-5)27-15-25-8-3/h16-17H,6-13,22-23H2,1-5H3. The van der Waals surface area contributed by atoms with Gasteiger partial charge in [0.25, 0.3) is 0 Å². The zero-order chi connectivity index (χ0) is 25.6. The molecule has 1 aliphatic heterocycles. The van der Waals surface area contributed by atoms with Gasteiger partial charge in [0, 0.05) is 24.7 Å². The third-order valence-corrected chi connectivity index (χ3v) is 6.47. The average Bonchev–Trinajstić information content (AvgIpc) is 3.05. The molecule has 0 bridgehead atoms. The Morgan fingerprint density at radius 2 is 1.88 bits per heavy atom. The number of nitrogens with two attached hydrogens (primary N) is 2. The molecule has 192 valence electrons. The molecule has 1 rings (SSSR count). The lowest BCUT2D eigenvalue weighted by atomic mass is 9.85. The van der Waals surface area contributed by atoms with Crippen molar-refractivity contribution in [3.63, 3.8) is 0 Å². The Balaban J connectivity index is 3.27. The SMILES string of the molecule is CCN=C=NC(CC)CC1N(OC(=O)C(N)(CCSC)N=C=NCC)OC(=O)C1(N)CCSC. The minimum Gasteiger partial charge on any atom is -0.330 e. The van der Waals surface area contributed by atoms with Gasteiger partial charge in [0.1, 0.15) is 11.6 Å². The van der Waals surface area contributed by atoms with Crippen LogP contribution in [0.3, 0.4) is 0 Å². The Hall–Kier alpha value is -1.72. The van der Waals surface area contributed by atoms with E-state index in [0.717, 1.165) is 5.23 Å². The van der Waals surface area contributed by atoms with Crippen LogP contribution < -0.4 is 11.5 Å². The van der Waals surface area contributed by atoms with Crippen molar-refractivity contribution in [3.05, 3.63) is 0 Å². The number of carbonyl (C=O) groups is 2. The van der Waals surface area contributed by atoms with Gasteiger partial charge in [-0.25, -0.2) is 24.6 Å². The molecule has 1 saturated heterocycles. The van der Waals surface area contributed by atoms with Gasteiger partial charge >= 0.3 is 11.9 Å². The number of hydrogen-bond donors (Lipinski definition) is 2. The maximum atomic E-state index is 13.1. The highest BCUT2D eigenvalue weighted by Gasteiger charge is 2.57. The van der Waals surface area contributed by atoms with Crippen molar-refractivity contribution < 1.29 is 19.3 Å². The summed E-state index contributed by atoms with van der Waals surface area (Å²) in [5, 5.41) is 0.868. The minimum absolute atomic E-state index is 0.182. The fraction of sp³-hybridized carbons (Fsp3) is 0.810. The first kappa shape index (κ1) is 30.3. The van der Waals surface area contributed by atoms with E-state index in [2.05, 4.69) is 32.0 Å². The van der Waals surface area contributed by atoms with Gasteiger partial charge in [-0.1, -0.05) is 6.92 Å². The molecule has 4 unspecified atom stereocenters. The zero-order valence-corrected chi connectivity index (χ0v) is 22.3. The largest absolute Gasteiger partial charge is 0.371 e. The topological polar surface area (TPSA) is 157 Å². The van der Waals surface area contributed by atoms with Crippen molar-refractivity contribution in [2.75, 3.05) is 37.1 Å². The molecule has 0 aromatic heterocycles. The number of carbonyl (C=O) groups excluding carboxylic acids is 2. The van der Waals surface area contributed by atoms with Crippen LogP contribution in [0.5, 0.6) is 0 Å². The van der Waals surface area contributed by atoms with Crippen molar-refractivity contribution in [3.8, 4) is 0 Å². The predicted molar refractivity (Wildman–Crippen MR) is 137 cm³/mol. The number of hydrogen-bond acceptors (Lipinski definition) is 13. The van der Waals surface area contributed by atoms with Crippen molar-refractivity contribution in [1.82, 2.24) is 5.23 Å². The first-order valence-electron chi connectivity index (χ1n) is 11.3. The molecule has 1 fully saturated rings. The summed E-state index contributed by atoms with van der Waals surface area (Å²) >= 11 is 3.05. The molecule has 4 atom stereocenters. The van der Waals surface area contributed by atoms with Gasteiger partial charge in [-0.05, 0) is 57.1 Å². The van der Waals surface area contributed by atoms with E-state index in [1.807, 2.05) is 33.3 Å². The van der Waals surface area contributed by atoms with Crippen molar-refractivity contribution in [1.29, 1.82) is 0 Å². The van der Waals surface area contributed by atoms with Gasteiger partial charge in [-0.3, -0.25) is 5.73 Å². The molecule has 0 aliphatic carbocycles. The van der Waals surface area contributed by atoms with Gasteiger partial charge < -0.3 is 15.4 Å². The van der Waals surface area contributed by atoms with Crippen LogP contribution in [-0.4, -0.2) is 89.6 Å². The molecule has 0 aromatic rings. The van der Waals surface area contributed by atoms with E-state index < -0.39 is 29.2 Å². The fourth-order valence-corrected chi connectivity index (χ4v) is 4.11. The van der Waals surface area contributed by atoms with Crippen LogP contribution >= 0.6 is 23.5 Å². The molecule has 13 heteroatoms. The lowest BCUT2D eigenvalue weighted by Gasteiger charge is -2.31. The van der Waals surface area contributed by atoms with Gasteiger partial charge in [0.05, 0.1) is 18.1 Å². The Kier molecular flexibility index (Phi) is 13.6. The molecule has 1 heterocycles. The molecule has 0 amide bonds. The number of hydroxylamine groups is 2. The smallest absolute Gasteiger partial charge is 0.330 e. The Labute approximate surface area is 210 Å². The Morgan fingerprint density at radius 3 is 2.47 bits per heavy atom. The number of rotatable bonds is 15. The maximum Gasteiger partial charge on any atom is 0.371 e. The monoisotopic (exact) mass is 515 g/mol. The summed E-state index contributed by atoms with van der Waals surface area (Å²) in [5.74, 6) is -0.406. The van der Waals surface area contributed by atoms with E-state index in [-0.39, 0.29) is 18.9 Å². The van der Waals surface area contributed by atoms with E-state index in [9.17, 15) is 9.59 Å². The van der Waals surface area contributed by atoms with Crippen LogP contribution in [0.25, 0.3) is 0 Å². The van der Waals surface area contributed by atoms with Crippen LogP contribution in [0.1, 0.15) is 46.5 Å². The molecule has 34 heavy (non-hydrogen) atoms. The second-order valence-electron chi connectivity index (χ2n) is 7.70.